The standard InChI is InChI=1S/C24H19ClN2O5S/c1-31-22-11-7-6-8-17(22)14-18(16-26)24(28)27(19-12-13-23(32-2)21(25)15-19)33(29,30)20-9-4-3-5-10-20/h3-15H,1-2H3/b18-14+. The molecule has 0 aliphatic heterocycles. The summed E-state index contributed by atoms with van der Waals surface area (Å²) in [6.45, 7) is 0. The summed E-state index contributed by atoms with van der Waals surface area (Å²) in [5.74, 6) is -0.327. The molecule has 1 amide bonds. The van der Waals surface area contributed by atoms with Gasteiger partial charge in [0.2, 0.25) is 0 Å². The van der Waals surface area contributed by atoms with E-state index in [4.69, 9.17) is 21.1 Å². The molecule has 0 radical (unpaired) electrons. The number of nitrogens with zero attached hydrogens (tertiary/aromatic N) is 2. The second kappa shape index (κ2) is 10.2. The zero-order chi connectivity index (χ0) is 24.0. The van der Waals surface area contributed by atoms with Crippen LogP contribution in [0.15, 0.2) is 83.3 Å². The molecule has 3 aromatic rings. The lowest BCUT2D eigenvalue weighted by Gasteiger charge is -2.23. The number of amides is 1. The Labute approximate surface area is 197 Å². The van der Waals surface area contributed by atoms with Gasteiger partial charge in [-0.3, -0.25) is 4.79 Å². The summed E-state index contributed by atoms with van der Waals surface area (Å²) in [5.41, 5.74) is -0.0171. The van der Waals surface area contributed by atoms with Crippen LogP contribution in [-0.2, 0) is 14.8 Å². The Bertz CT molecular complexity index is 1350. The largest absolute Gasteiger partial charge is 0.496 e. The van der Waals surface area contributed by atoms with Crippen LogP contribution in [0.4, 0.5) is 5.69 Å². The van der Waals surface area contributed by atoms with Gasteiger partial charge in [0.15, 0.2) is 0 Å². The first kappa shape index (κ1) is 23.9. The number of benzene rings is 3. The highest BCUT2D eigenvalue weighted by Gasteiger charge is 2.33. The van der Waals surface area contributed by atoms with Gasteiger partial charge < -0.3 is 9.47 Å². The quantitative estimate of drug-likeness (QED) is 0.358. The highest BCUT2D eigenvalue weighted by molar-refractivity contribution is 7.93. The molecule has 0 spiro atoms. The van der Waals surface area contributed by atoms with E-state index in [0.717, 1.165) is 0 Å². The Hall–Kier alpha value is -3.80. The van der Waals surface area contributed by atoms with Gasteiger partial charge in [-0.2, -0.15) is 9.57 Å². The SMILES string of the molecule is COc1ccc(N(C(=O)/C(C#N)=C/c2ccccc2OC)S(=O)(=O)c2ccccc2)cc1Cl. The number of rotatable bonds is 7. The van der Waals surface area contributed by atoms with E-state index in [2.05, 4.69) is 0 Å². The number of nitriles is 1. The lowest BCUT2D eigenvalue weighted by atomic mass is 10.1. The van der Waals surface area contributed by atoms with Crippen molar-refractivity contribution in [3.05, 3.63) is 89.0 Å². The van der Waals surface area contributed by atoms with Crippen molar-refractivity contribution in [2.75, 3.05) is 18.5 Å². The minimum atomic E-state index is -4.39. The number of anilines is 1. The molecule has 0 aliphatic carbocycles. The van der Waals surface area contributed by atoms with E-state index in [1.807, 2.05) is 0 Å². The Morgan fingerprint density at radius 3 is 2.21 bits per heavy atom. The molecule has 0 aliphatic rings. The topological polar surface area (TPSA) is 96.7 Å². The third kappa shape index (κ3) is 5.00. The molecule has 0 N–H and O–H groups in total. The molecule has 3 aromatic carbocycles. The van der Waals surface area contributed by atoms with Crippen LogP contribution in [0.5, 0.6) is 11.5 Å². The maximum absolute atomic E-state index is 13.5. The highest BCUT2D eigenvalue weighted by atomic mass is 35.5. The van der Waals surface area contributed by atoms with E-state index >= 15 is 0 Å². The van der Waals surface area contributed by atoms with Gasteiger partial charge in [0.25, 0.3) is 15.9 Å². The van der Waals surface area contributed by atoms with Gasteiger partial charge in [0, 0.05) is 5.56 Å². The maximum atomic E-state index is 13.5. The van der Waals surface area contributed by atoms with Gasteiger partial charge in [-0.25, -0.2) is 8.42 Å². The molecule has 0 atom stereocenters. The minimum Gasteiger partial charge on any atom is -0.496 e. The molecule has 168 valence electrons. The molecule has 0 bridgehead atoms. The molecular formula is C24H19ClN2O5S. The fourth-order valence-corrected chi connectivity index (χ4v) is 4.71. The molecule has 0 saturated carbocycles. The number of carbonyl (C=O) groups is 1. The Morgan fingerprint density at radius 2 is 1.61 bits per heavy atom. The number of para-hydroxylation sites is 1. The molecule has 9 heteroatoms. The molecule has 0 unspecified atom stereocenters. The van der Waals surface area contributed by atoms with E-state index < -0.39 is 21.5 Å². The van der Waals surface area contributed by atoms with Crippen molar-refractivity contribution in [3.63, 3.8) is 0 Å². The number of hydrogen-bond acceptors (Lipinski definition) is 6. The summed E-state index contributed by atoms with van der Waals surface area (Å²) in [5, 5.41) is 9.84. The van der Waals surface area contributed by atoms with Crippen LogP contribution in [0.1, 0.15) is 5.56 Å². The molecule has 3 rings (SSSR count). The van der Waals surface area contributed by atoms with Crippen molar-refractivity contribution >= 4 is 39.3 Å². The first-order valence-electron chi connectivity index (χ1n) is 9.56. The zero-order valence-corrected chi connectivity index (χ0v) is 19.3. The number of ether oxygens (including phenoxy) is 2. The molecule has 0 heterocycles. The Kier molecular flexibility index (Phi) is 7.38. The van der Waals surface area contributed by atoms with Crippen LogP contribution < -0.4 is 13.8 Å². The predicted molar refractivity (Wildman–Crippen MR) is 126 cm³/mol. The number of sulfonamides is 1. The first-order chi connectivity index (χ1) is 15.8. The molecule has 0 fully saturated rings. The van der Waals surface area contributed by atoms with E-state index in [1.54, 1.807) is 36.4 Å². The van der Waals surface area contributed by atoms with Crippen molar-refractivity contribution in [2.45, 2.75) is 4.90 Å². The molecular weight excluding hydrogens is 464 g/mol. The smallest absolute Gasteiger partial charge is 0.282 e. The Morgan fingerprint density at radius 1 is 0.970 bits per heavy atom. The van der Waals surface area contributed by atoms with Crippen molar-refractivity contribution in [1.29, 1.82) is 5.26 Å². The summed E-state index contributed by atoms with van der Waals surface area (Å²) in [6.07, 6.45) is 1.28. The monoisotopic (exact) mass is 482 g/mol. The zero-order valence-electron chi connectivity index (χ0n) is 17.7. The average molecular weight is 483 g/mol. The first-order valence-corrected chi connectivity index (χ1v) is 11.4. The van der Waals surface area contributed by atoms with E-state index in [-0.39, 0.29) is 15.6 Å². The third-order valence-corrected chi connectivity index (χ3v) is 6.65. The van der Waals surface area contributed by atoms with Gasteiger partial charge in [-0.15, -0.1) is 0 Å². The lowest BCUT2D eigenvalue weighted by Crippen LogP contribution is -2.37. The average Bonchev–Trinajstić information content (AvgIpc) is 2.83. The van der Waals surface area contributed by atoms with Crippen molar-refractivity contribution in [3.8, 4) is 17.6 Å². The van der Waals surface area contributed by atoms with Gasteiger partial charge in [-0.1, -0.05) is 48.0 Å². The Balaban J connectivity index is 2.20. The normalized spacial score (nSPS) is 11.4. The fourth-order valence-electron chi connectivity index (χ4n) is 3.04. The summed E-state index contributed by atoms with van der Waals surface area (Å²) in [6, 6.07) is 20.1. The van der Waals surface area contributed by atoms with Gasteiger partial charge >= 0.3 is 0 Å². The van der Waals surface area contributed by atoms with Gasteiger partial charge in [-0.05, 0) is 42.5 Å². The second-order valence-electron chi connectivity index (χ2n) is 6.62. The summed E-state index contributed by atoms with van der Waals surface area (Å²) in [7, 11) is -1.53. The third-order valence-electron chi connectivity index (χ3n) is 4.63. The highest BCUT2D eigenvalue weighted by Crippen LogP contribution is 2.33. The molecule has 7 nitrogen and oxygen atoms in total. The van der Waals surface area contributed by atoms with Crippen molar-refractivity contribution in [1.82, 2.24) is 0 Å². The lowest BCUT2D eigenvalue weighted by molar-refractivity contribution is -0.113. The minimum absolute atomic E-state index is 0.0455. The summed E-state index contributed by atoms with van der Waals surface area (Å²) < 4.78 is 38.0. The number of halogens is 1. The van der Waals surface area contributed by atoms with Crippen LogP contribution in [0.2, 0.25) is 5.02 Å². The van der Waals surface area contributed by atoms with Crippen molar-refractivity contribution in [2.24, 2.45) is 0 Å². The molecule has 0 aromatic heterocycles. The van der Waals surface area contributed by atoms with Crippen LogP contribution in [0.25, 0.3) is 6.08 Å². The van der Waals surface area contributed by atoms with Crippen LogP contribution in [0, 0.1) is 11.3 Å². The number of carbonyl (C=O) groups excluding carboxylic acids is 1. The van der Waals surface area contributed by atoms with E-state index in [1.165, 1.54) is 62.8 Å². The van der Waals surface area contributed by atoms with Crippen LogP contribution >= 0.6 is 11.6 Å². The maximum Gasteiger partial charge on any atom is 0.282 e. The van der Waals surface area contributed by atoms with E-state index in [9.17, 15) is 18.5 Å². The van der Waals surface area contributed by atoms with E-state index in [0.29, 0.717) is 21.4 Å². The van der Waals surface area contributed by atoms with Gasteiger partial charge in [0.1, 0.15) is 23.1 Å². The van der Waals surface area contributed by atoms with Crippen molar-refractivity contribution < 1.29 is 22.7 Å². The second-order valence-corrected chi connectivity index (χ2v) is 8.81. The predicted octanol–water partition coefficient (Wildman–Crippen LogP) is 4.69. The molecule has 0 saturated heterocycles. The van der Waals surface area contributed by atoms with Gasteiger partial charge in [0.05, 0.1) is 29.8 Å². The van der Waals surface area contributed by atoms with Crippen LogP contribution in [-0.4, -0.2) is 28.5 Å². The number of hydrogen-bond donors (Lipinski definition) is 0. The fraction of sp³-hybridized carbons (Fsp3) is 0.0833. The van der Waals surface area contributed by atoms with Crippen LogP contribution in [0.3, 0.4) is 0 Å². The summed E-state index contributed by atoms with van der Waals surface area (Å²) >= 11 is 6.20. The molecule has 33 heavy (non-hydrogen) atoms. The summed E-state index contributed by atoms with van der Waals surface area (Å²) in [4.78, 5) is 13.4. The number of methoxy groups -OCH3 is 2.